The second-order valence-corrected chi connectivity index (χ2v) is 4.98. The van der Waals surface area contributed by atoms with Crippen LogP contribution in [0.2, 0.25) is 0 Å². The number of hydrogen-bond donors (Lipinski definition) is 1. The summed E-state index contributed by atoms with van der Waals surface area (Å²) >= 11 is 1.70. The molecule has 84 valence electrons. The van der Waals surface area contributed by atoms with E-state index in [-0.39, 0.29) is 0 Å². The van der Waals surface area contributed by atoms with Crippen molar-refractivity contribution >= 4 is 11.3 Å². The molecule has 3 nitrogen and oxygen atoms in total. The maximum Gasteiger partial charge on any atom is 0.127 e. The number of rotatable bonds is 2. The van der Waals surface area contributed by atoms with E-state index in [4.69, 9.17) is 9.40 Å². The van der Waals surface area contributed by atoms with Crippen molar-refractivity contribution in [3.63, 3.8) is 0 Å². The lowest BCUT2D eigenvalue weighted by Crippen LogP contribution is -2.12. The first-order chi connectivity index (χ1) is 7.84. The Labute approximate surface area is 98.5 Å². The van der Waals surface area contributed by atoms with Crippen LogP contribution in [-0.4, -0.2) is 11.5 Å². The highest BCUT2D eigenvalue weighted by atomic mass is 32.1. The van der Waals surface area contributed by atoms with Gasteiger partial charge in [-0.2, -0.15) is 0 Å². The van der Waals surface area contributed by atoms with Crippen LogP contribution in [0.15, 0.2) is 22.1 Å². The summed E-state index contributed by atoms with van der Waals surface area (Å²) in [5, 5.41) is 6.69. The summed E-state index contributed by atoms with van der Waals surface area (Å²) in [6.07, 6.45) is 4.18. The second-order valence-electron chi connectivity index (χ2n) is 4.12. The number of aryl methyl sites for hydroxylation is 1. The van der Waals surface area contributed by atoms with Crippen molar-refractivity contribution in [1.82, 2.24) is 10.3 Å². The van der Waals surface area contributed by atoms with Crippen LogP contribution in [0.4, 0.5) is 0 Å². The molecule has 2 aromatic rings. The average Bonchev–Trinajstić information content (AvgIpc) is 2.96. The lowest BCUT2D eigenvalue weighted by atomic mass is 10.2. The number of thiazole rings is 1. The van der Waals surface area contributed by atoms with E-state index in [9.17, 15) is 0 Å². The SMILES string of the molecule is Cc1occc1-c1nc([C@@H]2CCCN2)cs1. The topological polar surface area (TPSA) is 38.1 Å². The Morgan fingerprint density at radius 1 is 1.56 bits per heavy atom. The highest BCUT2D eigenvalue weighted by Crippen LogP contribution is 2.31. The molecule has 1 aliphatic rings. The Morgan fingerprint density at radius 2 is 2.50 bits per heavy atom. The van der Waals surface area contributed by atoms with Crippen molar-refractivity contribution < 1.29 is 4.42 Å². The van der Waals surface area contributed by atoms with Gasteiger partial charge in [-0.1, -0.05) is 0 Å². The Hall–Kier alpha value is -1.13. The number of nitrogens with zero attached hydrogens (tertiary/aromatic N) is 1. The van der Waals surface area contributed by atoms with Crippen LogP contribution >= 0.6 is 11.3 Å². The van der Waals surface area contributed by atoms with Crippen molar-refractivity contribution in [3.8, 4) is 10.6 Å². The van der Waals surface area contributed by atoms with Gasteiger partial charge in [0, 0.05) is 5.38 Å². The molecular formula is C12H14N2OS. The lowest BCUT2D eigenvalue weighted by molar-refractivity contribution is 0.535. The second kappa shape index (κ2) is 4.03. The van der Waals surface area contributed by atoms with Crippen molar-refractivity contribution in [2.75, 3.05) is 6.54 Å². The van der Waals surface area contributed by atoms with E-state index < -0.39 is 0 Å². The summed E-state index contributed by atoms with van der Waals surface area (Å²) in [4.78, 5) is 4.69. The van der Waals surface area contributed by atoms with E-state index in [0.717, 1.165) is 22.9 Å². The quantitative estimate of drug-likeness (QED) is 0.867. The number of hydrogen-bond acceptors (Lipinski definition) is 4. The summed E-state index contributed by atoms with van der Waals surface area (Å²) in [7, 11) is 0. The van der Waals surface area contributed by atoms with Crippen molar-refractivity contribution in [2.45, 2.75) is 25.8 Å². The van der Waals surface area contributed by atoms with Gasteiger partial charge in [-0.15, -0.1) is 11.3 Å². The molecule has 3 heterocycles. The molecule has 3 rings (SSSR count). The highest BCUT2D eigenvalue weighted by Gasteiger charge is 2.19. The normalized spacial score (nSPS) is 20.4. The average molecular weight is 234 g/mol. The Morgan fingerprint density at radius 3 is 3.19 bits per heavy atom. The first-order valence-corrected chi connectivity index (χ1v) is 6.46. The molecule has 1 N–H and O–H groups in total. The van der Waals surface area contributed by atoms with E-state index in [0.29, 0.717) is 6.04 Å². The van der Waals surface area contributed by atoms with Crippen LogP contribution in [0, 0.1) is 6.92 Å². The van der Waals surface area contributed by atoms with Gasteiger partial charge >= 0.3 is 0 Å². The van der Waals surface area contributed by atoms with Gasteiger partial charge in [0.25, 0.3) is 0 Å². The largest absolute Gasteiger partial charge is 0.469 e. The predicted octanol–water partition coefficient (Wildman–Crippen LogP) is 3.14. The highest BCUT2D eigenvalue weighted by molar-refractivity contribution is 7.13. The van der Waals surface area contributed by atoms with Gasteiger partial charge in [-0.25, -0.2) is 4.98 Å². The summed E-state index contributed by atoms with van der Waals surface area (Å²) in [6, 6.07) is 2.44. The molecule has 0 bridgehead atoms. The van der Waals surface area contributed by atoms with Crippen molar-refractivity contribution in [2.24, 2.45) is 0 Å². The minimum Gasteiger partial charge on any atom is -0.469 e. The molecule has 1 saturated heterocycles. The van der Waals surface area contributed by atoms with Crippen LogP contribution in [0.5, 0.6) is 0 Å². The van der Waals surface area contributed by atoms with E-state index in [1.54, 1.807) is 17.6 Å². The molecule has 16 heavy (non-hydrogen) atoms. The number of furan rings is 1. The molecular weight excluding hydrogens is 220 g/mol. The predicted molar refractivity (Wildman–Crippen MR) is 64.5 cm³/mol. The van der Waals surface area contributed by atoms with E-state index in [1.165, 1.54) is 18.5 Å². The van der Waals surface area contributed by atoms with Gasteiger partial charge < -0.3 is 9.73 Å². The number of aromatic nitrogens is 1. The minimum absolute atomic E-state index is 0.456. The first kappa shape index (κ1) is 10.1. The molecule has 0 radical (unpaired) electrons. The van der Waals surface area contributed by atoms with E-state index in [2.05, 4.69) is 10.7 Å². The molecule has 0 saturated carbocycles. The fourth-order valence-electron chi connectivity index (χ4n) is 2.11. The van der Waals surface area contributed by atoms with Gasteiger partial charge in [0.05, 0.1) is 23.6 Å². The lowest BCUT2D eigenvalue weighted by Gasteiger charge is -2.04. The zero-order valence-electron chi connectivity index (χ0n) is 9.19. The van der Waals surface area contributed by atoms with E-state index >= 15 is 0 Å². The smallest absolute Gasteiger partial charge is 0.127 e. The fourth-order valence-corrected chi connectivity index (χ4v) is 3.06. The van der Waals surface area contributed by atoms with Crippen molar-refractivity contribution in [1.29, 1.82) is 0 Å². The van der Waals surface area contributed by atoms with E-state index in [1.807, 2.05) is 13.0 Å². The molecule has 2 aromatic heterocycles. The Balaban J connectivity index is 1.90. The third-order valence-corrected chi connectivity index (χ3v) is 3.92. The third-order valence-electron chi connectivity index (χ3n) is 3.03. The van der Waals surface area contributed by atoms with Crippen molar-refractivity contribution in [3.05, 3.63) is 29.2 Å². The molecule has 4 heteroatoms. The maximum atomic E-state index is 5.30. The molecule has 0 amide bonds. The molecule has 1 aliphatic heterocycles. The van der Waals surface area contributed by atoms with Crippen LogP contribution in [0.3, 0.4) is 0 Å². The molecule has 0 aromatic carbocycles. The molecule has 0 aliphatic carbocycles. The maximum absolute atomic E-state index is 5.30. The van der Waals surface area contributed by atoms with Gasteiger partial charge in [0.2, 0.25) is 0 Å². The summed E-state index contributed by atoms with van der Waals surface area (Å²) in [5.41, 5.74) is 2.30. The standard InChI is InChI=1S/C12H14N2OS/c1-8-9(4-6-15-8)12-14-11(7-16-12)10-3-2-5-13-10/h4,6-7,10,13H,2-3,5H2,1H3/t10-/m0/s1. The summed E-state index contributed by atoms with van der Waals surface area (Å²) < 4.78 is 5.30. The Kier molecular flexibility index (Phi) is 2.53. The monoisotopic (exact) mass is 234 g/mol. The third kappa shape index (κ3) is 1.68. The molecule has 0 spiro atoms. The molecule has 1 fully saturated rings. The van der Waals surface area contributed by atoms with Gasteiger partial charge in [-0.3, -0.25) is 0 Å². The van der Waals surface area contributed by atoms with Crippen LogP contribution in [-0.2, 0) is 0 Å². The van der Waals surface area contributed by atoms with Gasteiger partial charge in [-0.05, 0) is 32.4 Å². The van der Waals surface area contributed by atoms with Gasteiger partial charge in [0.15, 0.2) is 0 Å². The Bertz CT molecular complexity index is 483. The summed E-state index contributed by atoms with van der Waals surface area (Å²) in [6.45, 7) is 3.09. The first-order valence-electron chi connectivity index (χ1n) is 5.58. The molecule has 0 unspecified atom stereocenters. The van der Waals surface area contributed by atoms with Crippen LogP contribution < -0.4 is 5.32 Å². The summed E-state index contributed by atoms with van der Waals surface area (Å²) in [5.74, 6) is 0.945. The zero-order valence-corrected chi connectivity index (χ0v) is 10.0. The van der Waals surface area contributed by atoms with Crippen LogP contribution in [0.1, 0.15) is 30.3 Å². The van der Waals surface area contributed by atoms with Crippen LogP contribution in [0.25, 0.3) is 10.6 Å². The van der Waals surface area contributed by atoms with Gasteiger partial charge in [0.1, 0.15) is 10.8 Å². The zero-order chi connectivity index (χ0) is 11.0. The fraction of sp³-hybridized carbons (Fsp3) is 0.417. The molecule has 1 atom stereocenters. The minimum atomic E-state index is 0.456. The number of nitrogens with one attached hydrogen (secondary N) is 1.